The van der Waals surface area contributed by atoms with E-state index >= 15 is 0 Å². The molecule has 0 bridgehead atoms. The molecule has 0 unspecified atom stereocenters. The number of carbonyl (C=O) groups excluding carboxylic acids is 1. The van der Waals surface area contributed by atoms with Crippen molar-refractivity contribution in [3.63, 3.8) is 0 Å². The van der Waals surface area contributed by atoms with Gasteiger partial charge in [-0.15, -0.1) is 0 Å². The third-order valence-electron chi connectivity index (χ3n) is 4.09. The summed E-state index contributed by atoms with van der Waals surface area (Å²) in [5.41, 5.74) is 7.92. The van der Waals surface area contributed by atoms with Gasteiger partial charge in [-0.25, -0.2) is 0 Å². The quantitative estimate of drug-likeness (QED) is 0.792. The van der Waals surface area contributed by atoms with E-state index < -0.39 is 0 Å². The minimum Gasteiger partial charge on any atom is -0.303 e. The van der Waals surface area contributed by atoms with Crippen molar-refractivity contribution in [3.8, 4) is 0 Å². The fourth-order valence-electron chi connectivity index (χ4n) is 2.58. The van der Waals surface area contributed by atoms with Crippen LogP contribution in [0, 0.1) is 11.3 Å². The van der Waals surface area contributed by atoms with Gasteiger partial charge in [0.2, 0.25) is 0 Å². The second-order valence-electron chi connectivity index (χ2n) is 6.63. The first-order valence-corrected chi connectivity index (χ1v) is 8.17. The molecule has 0 radical (unpaired) electrons. The molecule has 1 aliphatic rings. The van der Waals surface area contributed by atoms with Gasteiger partial charge in [-0.3, -0.25) is 10.2 Å². The smallest absolute Gasteiger partial charge is 0.270 e. The number of hydrogen-bond donors (Lipinski definition) is 2. The summed E-state index contributed by atoms with van der Waals surface area (Å²) in [5, 5.41) is 0. The van der Waals surface area contributed by atoms with Crippen molar-refractivity contribution in [2.24, 2.45) is 11.3 Å². The second-order valence-corrected chi connectivity index (χ2v) is 7.48. The minimum absolute atomic E-state index is 0.124. The third kappa shape index (κ3) is 4.34. The molecule has 0 saturated carbocycles. The molecule has 21 heavy (non-hydrogen) atoms. The molecule has 1 atom stereocenters. The van der Waals surface area contributed by atoms with Crippen LogP contribution in [-0.2, 0) is 0 Å². The van der Waals surface area contributed by atoms with Gasteiger partial charge in [0, 0.05) is 10.2 Å². The van der Waals surface area contributed by atoms with Gasteiger partial charge in [-0.2, -0.15) is 0 Å². The largest absolute Gasteiger partial charge is 0.303 e. The van der Waals surface area contributed by atoms with Gasteiger partial charge in [-0.05, 0) is 58.7 Å². The number of rotatable bonds is 3. The Morgan fingerprint density at radius 1 is 1.29 bits per heavy atom. The van der Waals surface area contributed by atoms with Gasteiger partial charge in [0.05, 0.1) is 5.56 Å². The maximum absolute atomic E-state index is 12.1. The van der Waals surface area contributed by atoms with E-state index in [4.69, 9.17) is 0 Å². The topological polar surface area (TPSA) is 41.1 Å². The molecule has 0 heterocycles. The molecule has 114 valence electrons. The lowest BCUT2D eigenvalue weighted by Gasteiger charge is -2.33. The van der Waals surface area contributed by atoms with Gasteiger partial charge in [-0.1, -0.05) is 39.0 Å². The van der Waals surface area contributed by atoms with Crippen LogP contribution in [0.2, 0.25) is 0 Å². The van der Waals surface area contributed by atoms with E-state index in [9.17, 15) is 4.79 Å². The average molecular weight is 351 g/mol. The molecule has 0 aliphatic heterocycles. The van der Waals surface area contributed by atoms with E-state index in [1.807, 2.05) is 18.2 Å². The van der Waals surface area contributed by atoms with Gasteiger partial charge in [0.1, 0.15) is 0 Å². The summed E-state index contributed by atoms with van der Waals surface area (Å²) in [5.74, 6) is 0.586. The molecule has 2 N–H and O–H groups in total. The molecule has 0 saturated heterocycles. The number of nitrogens with one attached hydrogen (secondary N) is 2. The average Bonchev–Trinajstić information content (AvgIpc) is 2.45. The molecule has 1 aromatic carbocycles. The van der Waals surface area contributed by atoms with Crippen LogP contribution in [0.1, 0.15) is 50.4 Å². The Hall–Kier alpha value is -1.29. The Kier molecular flexibility index (Phi) is 5.09. The highest BCUT2D eigenvalue weighted by Gasteiger charge is 2.26. The number of halogens is 1. The van der Waals surface area contributed by atoms with Gasteiger partial charge < -0.3 is 5.43 Å². The van der Waals surface area contributed by atoms with Crippen molar-refractivity contribution in [1.82, 2.24) is 10.9 Å². The van der Waals surface area contributed by atoms with Crippen LogP contribution in [0.25, 0.3) is 0 Å². The molecule has 1 amide bonds. The fourth-order valence-corrected chi connectivity index (χ4v) is 3.05. The SMILES string of the molecule is CC(C)(C)[C@@H]1CC=C(NNC(=O)c2ccccc2Br)CC1. The minimum atomic E-state index is -0.124. The van der Waals surface area contributed by atoms with Gasteiger partial charge in [0.15, 0.2) is 0 Å². The summed E-state index contributed by atoms with van der Waals surface area (Å²) in [6, 6.07) is 7.41. The molecule has 1 aromatic rings. The highest BCUT2D eigenvalue weighted by atomic mass is 79.9. The summed E-state index contributed by atoms with van der Waals surface area (Å²) in [6.45, 7) is 6.87. The zero-order valence-electron chi connectivity index (χ0n) is 12.9. The summed E-state index contributed by atoms with van der Waals surface area (Å²) in [4.78, 5) is 12.1. The maximum Gasteiger partial charge on any atom is 0.270 e. The molecule has 2 rings (SSSR count). The Bertz CT molecular complexity index is 546. The third-order valence-corrected chi connectivity index (χ3v) is 4.78. The van der Waals surface area contributed by atoms with E-state index in [-0.39, 0.29) is 5.91 Å². The Balaban J connectivity index is 1.89. The van der Waals surface area contributed by atoms with E-state index in [2.05, 4.69) is 53.6 Å². The molecule has 4 heteroatoms. The van der Waals surface area contributed by atoms with Crippen molar-refractivity contribution in [3.05, 3.63) is 46.1 Å². The van der Waals surface area contributed by atoms with Crippen molar-refractivity contribution in [2.45, 2.75) is 40.0 Å². The molecular weight excluding hydrogens is 328 g/mol. The number of amides is 1. The monoisotopic (exact) mass is 350 g/mol. The first kappa shape index (κ1) is 16.1. The molecule has 0 spiro atoms. The van der Waals surface area contributed by atoms with Crippen molar-refractivity contribution in [1.29, 1.82) is 0 Å². The van der Waals surface area contributed by atoms with E-state index in [0.29, 0.717) is 16.9 Å². The van der Waals surface area contributed by atoms with Gasteiger partial charge >= 0.3 is 0 Å². The Labute approximate surface area is 135 Å². The lowest BCUT2D eigenvalue weighted by Crippen LogP contribution is -2.38. The summed E-state index contributed by atoms with van der Waals surface area (Å²) in [7, 11) is 0. The highest BCUT2D eigenvalue weighted by Crippen LogP contribution is 2.36. The molecule has 3 nitrogen and oxygen atoms in total. The Morgan fingerprint density at radius 3 is 2.57 bits per heavy atom. The predicted octanol–water partition coefficient (Wildman–Crippen LogP) is 4.41. The van der Waals surface area contributed by atoms with Crippen LogP contribution in [0.4, 0.5) is 0 Å². The van der Waals surface area contributed by atoms with Gasteiger partial charge in [0.25, 0.3) is 5.91 Å². The molecular formula is C17H23BrN2O. The highest BCUT2D eigenvalue weighted by molar-refractivity contribution is 9.10. The summed E-state index contributed by atoms with van der Waals surface area (Å²) >= 11 is 3.39. The second kappa shape index (κ2) is 6.65. The first-order valence-electron chi connectivity index (χ1n) is 7.38. The zero-order chi connectivity index (χ0) is 15.5. The standard InChI is InChI=1S/C17H23BrN2O/c1-17(2,3)12-8-10-13(11-9-12)19-20-16(21)14-6-4-5-7-15(14)18/h4-7,10,12,19H,8-9,11H2,1-3H3,(H,20,21)/t12-/m1/s1. The van der Waals surface area contributed by atoms with Crippen molar-refractivity contribution in [2.75, 3.05) is 0 Å². The van der Waals surface area contributed by atoms with Crippen molar-refractivity contribution >= 4 is 21.8 Å². The lowest BCUT2D eigenvalue weighted by molar-refractivity contribution is 0.0936. The molecule has 1 aliphatic carbocycles. The number of hydrazine groups is 1. The van der Waals surface area contributed by atoms with E-state index in [1.54, 1.807) is 6.07 Å². The summed E-state index contributed by atoms with van der Waals surface area (Å²) < 4.78 is 0.801. The fraction of sp³-hybridized carbons (Fsp3) is 0.471. The van der Waals surface area contributed by atoms with Crippen LogP contribution in [-0.4, -0.2) is 5.91 Å². The predicted molar refractivity (Wildman–Crippen MR) is 89.6 cm³/mol. The zero-order valence-corrected chi connectivity index (χ0v) is 14.5. The number of hydrogen-bond acceptors (Lipinski definition) is 2. The van der Waals surface area contributed by atoms with Crippen LogP contribution in [0.5, 0.6) is 0 Å². The van der Waals surface area contributed by atoms with E-state index in [1.165, 1.54) is 0 Å². The number of carbonyl (C=O) groups is 1. The molecule has 0 fully saturated rings. The lowest BCUT2D eigenvalue weighted by atomic mass is 9.74. The van der Waals surface area contributed by atoms with Crippen LogP contribution in [0.15, 0.2) is 40.5 Å². The first-order chi connectivity index (χ1) is 9.88. The van der Waals surface area contributed by atoms with E-state index in [0.717, 1.165) is 29.4 Å². The number of benzene rings is 1. The van der Waals surface area contributed by atoms with Crippen molar-refractivity contribution < 1.29 is 4.79 Å². The summed E-state index contributed by atoms with van der Waals surface area (Å²) in [6.07, 6.45) is 5.42. The van der Waals surface area contributed by atoms with Crippen LogP contribution >= 0.6 is 15.9 Å². The number of allylic oxidation sites excluding steroid dienone is 2. The van der Waals surface area contributed by atoms with Crippen LogP contribution < -0.4 is 10.9 Å². The Morgan fingerprint density at radius 2 is 2.00 bits per heavy atom. The maximum atomic E-state index is 12.1. The normalized spacial score (nSPS) is 18.9. The molecule has 0 aromatic heterocycles. The van der Waals surface area contributed by atoms with Crippen LogP contribution in [0.3, 0.4) is 0 Å².